The molecule has 2 aromatic rings. The van der Waals surface area contributed by atoms with E-state index in [9.17, 15) is 9.59 Å². The highest BCUT2D eigenvalue weighted by molar-refractivity contribution is 8.00. The lowest BCUT2D eigenvalue weighted by molar-refractivity contribution is -0.114. The van der Waals surface area contributed by atoms with Crippen molar-refractivity contribution in [3.63, 3.8) is 0 Å². The number of amides is 2. The van der Waals surface area contributed by atoms with Gasteiger partial charge in [-0.25, -0.2) is 0 Å². The van der Waals surface area contributed by atoms with Gasteiger partial charge < -0.3 is 15.4 Å². The largest absolute Gasteiger partial charge is 0.495 e. The molecule has 2 bridgehead atoms. The van der Waals surface area contributed by atoms with Crippen molar-refractivity contribution in [2.24, 2.45) is 0 Å². The van der Waals surface area contributed by atoms with Crippen molar-refractivity contribution in [1.82, 2.24) is 10.2 Å². The summed E-state index contributed by atoms with van der Waals surface area (Å²) in [6.45, 7) is 2.07. The van der Waals surface area contributed by atoms with Crippen LogP contribution in [0.4, 0.5) is 11.5 Å². The first-order chi connectivity index (χ1) is 14.0. The molecule has 1 aromatic carbocycles. The van der Waals surface area contributed by atoms with Crippen LogP contribution in [0.5, 0.6) is 5.75 Å². The molecule has 0 atom stereocenters. The third-order valence-electron chi connectivity index (χ3n) is 4.18. The predicted octanol–water partition coefficient (Wildman–Crippen LogP) is 4.09. The molecule has 152 valence electrons. The number of hydrogen-bond acceptors (Lipinski definition) is 6. The van der Waals surface area contributed by atoms with E-state index >= 15 is 0 Å². The van der Waals surface area contributed by atoms with E-state index in [-0.39, 0.29) is 17.6 Å². The molecule has 0 aliphatic carbocycles. The van der Waals surface area contributed by atoms with Gasteiger partial charge in [0, 0.05) is 11.1 Å². The SMILES string of the molecule is CCC/C1=C/C(=O)Nc2cc(c(SCC(=O)Nc3cc(Cl)ccc3OC)nn2)C1. The zero-order valence-electron chi connectivity index (χ0n) is 16.1. The number of ether oxygens (including phenoxy) is 1. The number of thioether (sulfide) groups is 1. The van der Waals surface area contributed by atoms with E-state index in [1.54, 1.807) is 24.3 Å². The van der Waals surface area contributed by atoms with E-state index in [1.807, 2.05) is 6.07 Å². The quantitative estimate of drug-likeness (QED) is 0.640. The molecule has 0 fully saturated rings. The molecule has 1 aromatic heterocycles. The van der Waals surface area contributed by atoms with Gasteiger partial charge in [-0.15, -0.1) is 10.2 Å². The molecule has 2 heterocycles. The lowest BCUT2D eigenvalue weighted by atomic mass is 10.0. The summed E-state index contributed by atoms with van der Waals surface area (Å²) in [4.78, 5) is 24.4. The predicted molar refractivity (Wildman–Crippen MR) is 115 cm³/mol. The molecule has 29 heavy (non-hydrogen) atoms. The fourth-order valence-electron chi connectivity index (χ4n) is 2.95. The van der Waals surface area contributed by atoms with Crippen molar-refractivity contribution in [3.05, 3.63) is 46.5 Å². The number of carbonyl (C=O) groups is 2. The Hall–Kier alpha value is -2.58. The first-order valence-corrected chi connectivity index (χ1v) is 10.5. The van der Waals surface area contributed by atoms with Crippen LogP contribution in [-0.4, -0.2) is 34.9 Å². The van der Waals surface area contributed by atoms with Gasteiger partial charge in [-0.1, -0.05) is 42.3 Å². The van der Waals surface area contributed by atoms with Crippen LogP contribution in [0, 0.1) is 0 Å². The highest BCUT2D eigenvalue weighted by Crippen LogP contribution is 2.29. The van der Waals surface area contributed by atoms with Crippen molar-refractivity contribution in [3.8, 4) is 5.75 Å². The fraction of sp³-hybridized carbons (Fsp3) is 0.300. The average molecular weight is 433 g/mol. The normalized spacial score (nSPS) is 14.9. The van der Waals surface area contributed by atoms with Gasteiger partial charge in [0.25, 0.3) is 0 Å². The summed E-state index contributed by atoms with van der Waals surface area (Å²) in [6, 6.07) is 6.84. The summed E-state index contributed by atoms with van der Waals surface area (Å²) in [6.07, 6.45) is 3.99. The molecule has 0 spiro atoms. The number of carbonyl (C=O) groups excluding carboxylic acids is 2. The summed E-state index contributed by atoms with van der Waals surface area (Å²) in [7, 11) is 1.53. The number of nitrogens with zero attached hydrogens (tertiary/aromatic N) is 2. The molecule has 0 saturated carbocycles. The summed E-state index contributed by atoms with van der Waals surface area (Å²) in [5.41, 5.74) is 2.48. The monoisotopic (exact) mass is 432 g/mol. The van der Waals surface area contributed by atoms with Crippen LogP contribution in [0.25, 0.3) is 0 Å². The minimum Gasteiger partial charge on any atom is -0.495 e. The lowest BCUT2D eigenvalue weighted by Gasteiger charge is -2.15. The molecule has 2 amide bonds. The Balaban J connectivity index is 1.70. The molecule has 7 nitrogen and oxygen atoms in total. The number of methoxy groups -OCH3 is 1. The molecular weight excluding hydrogens is 412 g/mol. The summed E-state index contributed by atoms with van der Waals surface area (Å²) in [5.74, 6) is 0.690. The zero-order chi connectivity index (χ0) is 20.8. The summed E-state index contributed by atoms with van der Waals surface area (Å²) >= 11 is 7.30. The van der Waals surface area contributed by atoms with Crippen LogP contribution in [-0.2, 0) is 16.0 Å². The molecule has 3 rings (SSSR count). The van der Waals surface area contributed by atoms with E-state index in [0.29, 0.717) is 33.7 Å². The number of benzene rings is 1. The van der Waals surface area contributed by atoms with Crippen LogP contribution in [0.15, 0.2) is 40.9 Å². The van der Waals surface area contributed by atoms with Crippen LogP contribution >= 0.6 is 23.4 Å². The second-order valence-electron chi connectivity index (χ2n) is 6.46. The number of aromatic nitrogens is 2. The Morgan fingerprint density at radius 1 is 1.34 bits per heavy atom. The lowest BCUT2D eigenvalue weighted by Crippen LogP contribution is -2.17. The van der Waals surface area contributed by atoms with Crippen molar-refractivity contribution < 1.29 is 14.3 Å². The van der Waals surface area contributed by atoms with Crippen LogP contribution < -0.4 is 15.4 Å². The second-order valence-corrected chi connectivity index (χ2v) is 7.86. The molecule has 1 aliphatic rings. The molecular formula is C20H21ClN4O3S. The molecule has 2 N–H and O–H groups in total. The summed E-state index contributed by atoms with van der Waals surface area (Å²) < 4.78 is 5.25. The van der Waals surface area contributed by atoms with Gasteiger partial charge in [0.15, 0.2) is 5.82 Å². The van der Waals surface area contributed by atoms with Crippen molar-refractivity contribution in [2.75, 3.05) is 23.5 Å². The van der Waals surface area contributed by atoms with Gasteiger partial charge in [-0.3, -0.25) is 9.59 Å². The summed E-state index contributed by atoms with van der Waals surface area (Å²) in [5, 5.41) is 14.9. The van der Waals surface area contributed by atoms with Gasteiger partial charge in [0.2, 0.25) is 11.8 Å². The van der Waals surface area contributed by atoms with E-state index in [4.69, 9.17) is 16.3 Å². The number of allylic oxidation sites excluding steroid dienone is 1. The minimum absolute atomic E-state index is 0.149. The highest BCUT2D eigenvalue weighted by Gasteiger charge is 2.17. The highest BCUT2D eigenvalue weighted by atomic mass is 35.5. The molecule has 0 unspecified atom stereocenters. The van der Waals surface area contributed by atoms with Crippen molar-refractivity contribution in [2.45, 2.75) is 31.2 Å². The number of rotatable bonds is 7. The van der Waals surface area contributed by atoms with Crippen molar-refractivity contribution >= 4 is 46.7 Å². The number of anilines is 2. The third-order valence-corrected chi connectivity index (χ3v) is 5.44. The maximum atomic E-state index is 12.4. The van der Waals surface area contributed by atoms with Gasteiger partial charge in [0.05, 0.1) is 18.6 Å². The smallest absolute Gasteiger partial charge is 0.249 e. The fourth-order valence-corrected chi connectivity index (χ4v) is 3.88. The number of halogens is 1. The van der Waals surface area contributed by atoms with Crippen molar-refractivity contribution in [1.29, 1.82) is 0 Å². The van der Waals surface area contributed by atoms with Gasteiger partial charge >= 0.3 is 0 Å². The van der Waals surface area contributed by atoms with Crippen LogP contribution in [0.3, 0.4) is 0 Å². The Morgan fingerprint density at radius 3 is 2.93 bits per heavy atom. The Morgan fingerprint density at radius 2 is 2.17 bits per heavy atom. The topological polar surface area (TPSA) is 93.2 Å². The van der Waals surface area contributed by atoms with E-state index in [0.717, 1.165) is 24.0 Å². The molecule has 9 heteroatoms. The maximum Gasteiger partial charge on any atom is 0.249 e. The number of hydrogen-bond donors (Lipinski definition) is 2. The Kier molecular flexibility index (Phi) is 7.11. The van der Waals surface area contributed by atoms with E-state index < -0.39 is 0 Å². The van der Waals surface area contributed by atoms with Crippen LogP contribution in [0.1, 0.15) is 25.3 Å². The number of fused-ring (bicyclic) bond motifs is 2. The van der Waals surface area contributed by atoms with Gasteiger partial charge in [-0.2, -0.15) is 0 Å². The first-order valence-electron chi connectivity index (χ1n) is 9.11. The molecule has 1 aliphatic heterocycles. The van der Waals surface area contributed by atoms with Gasteiger partial charge in [0.1, 0.15) is 10.8 Å². The zero-order valence-corrected chi connectivity index (χ0v) is 17.7. The second kappa shape index (κ2) is 9.76. The Labute approximate surface area is 178 Å². The first kappa shape index (κ1) is 21.1. The molecule has 0 radical (unpaired) electrons. The van der Waals surface area contributed by atoms with Gasteiger partial charge in [-0.05, 0) is 42.7 Å². The standard InChI is InChI=1S/C20H21ClN4O3S/c1-3-4-12-7-13-9-17(23-18(26)8-12)24-25-20(13)29-11-19(27)22-15-10-14(21)5-6-16(15)28-2/h5-6,8-10H,3-4,7,11H2,1-2H3,(H,22,27)(H,23,24,26)/b12-8-. The Bertz CT molecular complexity index is 965. The molecule has 0 saturated heterocycles. The average Bonchev–Trinajstić information content (AvgIpc) is 2.66. The number of nitrogens with one attached hydrogen (secondary N) is 2. The van der Waals surface area contributed by atoms with Crippen LogP contribution in [0.2, 0.25) is 5.02 Å². The third kappa shape index (κ3) is 5.71. The van der Waals surface area contributed by atoms with E-state index in [2.05, 4.69) is 27.8 Å². The minimum atomic E-state index is -0.211. The van der Waals surface area contributed by atoms with E-state index in [1.165, 1.54) is 18.9 Å². The maximum absolute atomic E-state index is 12.4.